The zero-order valence-electron chi connectivity index (χ0n) is 10.3. The highest BCUT2D eigenvalue weighted by Crippen LogP contribution is 2.21. The van der Waals surface area contributed by atoms with Crippen LogP contribution in [0.1, 0.15) is 5.56 Å². The molecule has 3 aromatic rings. The third kappa shape index (κ3) is 2.47. The van der Waals surface area contributed by atoms with E-state index in [1.54, 1.807) is 0 Å². The van der Waals surface area contributed by atoms with E-state index in [-0.39, 0.29) is 0 Å². The number of benzene rings is 2. The van der Waals surface area contributed by atoms with E-state index in [1.807, 2.05) is 48.5 Å². The van der Waals surface area contributed by atoms with Gasteiger partial charge in [0.25, 0.3) is 0 Å². The smallest absolute Gasteiger partial charge is 0.224 e. The van der Waals surface area contributed by atoms with Crippen molar-refractivity contribution in [1.29, 1.82) is 0 Å². The highest BCUT2D eigenvalue weighted by atomic mass is 16.5. The van der Waals surface area contributed by atoms with Crippen LogP contribution in [0.4, 0.5) is 5.69 Å². The zero-order valence-corrected chi connectivity index (χ0v) is 10.3. The van der Waals surface area contributed by atoms with Gasteiger partial charge < -0.3 is 10.5 Å². The lowest BCUT2D eigenvalue weighted by atomic mass is 10.2. The van der Waals surface area contributed by atoms with Crippen molar-refractivity contribution in [3.05, 3.63) is 60.4 Å². The molecule has 94 valence electrons. The summed E-state index contributed by atoms with van der Waals surface area (Å²) in [6.07, 6.45) is 1.51. The number of anilines is 1. The molecule has 2 N–H and O–H groups in total. The predicted octanol–water partition coefficient (Wildman–Crippen LogP) is 2.79. The van der Waals surface area contributed by atoms with Gasteiger partial charge in [-0.05, 0) is 29.8 Å². The Kier molecular flexibility index (Phi) is 2.98. The first-order chi connectivity index (χ1) is 9.33. The number of nitrogen functional groups attached to an aromatic ring is 1. The molecule has 0 atom stereocenters. The highest BCUT2D eigenvalue weighted by molar-refractivity contribution is 5.82. The van der Waals surface area contributed by atoms with Crippen LogP contribution < -0.4 is 10.5 Å². The zero-order chi connectivity index (χ0) is 13.1. The molecule has 4 heteroatoms. The summed E-state index contributed by atoms with van der Waals surface area (Å²) in [4.78, 5) is 8.38. The fourth-order valence-electron chi connectivity index (χ4n) is 1.86. The molecule has 2 aromatic carbocycles. The van der Waals surface area contributed by atoms with E-state index < -0.39 is 0 Å². The second-order valence-corrected chi connectivity index (χ2v) is 4.23. The number of rotatable bonds is 3. The fraction of sp³-hybridized carbons (Fsp3) is 0.0667. The first kappa shape index (κ1) is 11.5. The van der Waals surface area contributed by atoms with Gasteiger partial charge in [0.15, 0.2) is 0 Å². The molecule has 0 unspecified atom stereocenters. The number of hydrogen-bond acceptors (Lipinski definition) is 4. The summed E-state index contributed by atoms with van der Waals surface area (Å²) in [5.74, 6) is 0.599. The van der Waals surface area contributed by atoms with E-state index in [2.05, 4.69) is 9.97 Å². The van der Waals surface area contributed by atoms with E-state index >= 15 is 0 Å². The van der Waals surface area contributed by atoms with Crippen LogP contribution in [0.2, 0.25) is 0 Å². The second-order valence-electron chi connectivity index (χ2n) is 4.23. The van der Waals surface area contributed by atoms with E-state index in [0.29, 0.717) is 12.5 Å². The van der Waals surface area contributed by atoms with Crippen LogP contribution in [0.15, 0.2) is 54.9 Å². The Balaban J connectivity index is 1.84. The molecule has 0 bridgehead atoms. The number of fused-ring (bicyclic) bond motifs is 1. The summed E-state index contributed by atoms with van der Waals surface area (Å²) in [5.41, 5.74) is 8.33. The Hall–Kier alpha value is -2.62. The summed E-state index contributed by atoms with van der Waals surface area (Å²) in [5, 5.41) is 0.917. The van der Waals surface area contributed by atoms with E-state index in [1.165, 1.54) is 6.33 Å². The Morgan fingerprint density at radius 3 is 2.58 bits per heavy atom. The molecular weight excluding hydrogens is 238 g/mol. The van der Waals surface area contributed by atoms with Crippen molar-refractivity contribution in [2.24, 2.45) is 0 Å². The van der Waals surface area contributed by atoms with Gasteiger partial charge in [0, 0.05) is 5.69 Å². The topological polar surface area (TPSA) is 61.0 Å². The van der Waals surface area contributed by atoms with Crippen molar-refractivity contribution in [3.8, 4) is 5.88 Å². The minimum absolute atomic E-state index is 0.460. The van der Waals surface area contributed by atoms with Crippen molar-refractivity contribution in [1.82, 2.24) is 9.97 Å². The highest BCUT2D eigenvalue weighted by Gasteiger charge is 2.04. The van der Waals surface area contributed by atoms with Crippen LogP contribution in [-0.4, -0.2) is 9.97 Å². The Labute approximate surface area is 110 Å². The van der Waals surface area contributed by atoms with Gasteiger partial charge in [0.1, 0.15) is 12.9 Å². The fourth-order valence-corrected chi connectivity index (χ4v) is 1.86. The Morgan fingerprint density at radius 2 is 1.74 bits per heavy atom. The van der Waals surface area contributed by atoms with Gasteiger partial charge in [0.2, 0.25) is 5.88 Å². The molecule has 4 nitrogen and oxygen atoms in total. The minimum Gasteiger partial charge on any atom is -0.472 e. The van der Waals surface area contributed by atoms with Crippen molar-refractivity contribution < 1.29 is 4.74 Å². The van der Waals surface area contributed by atoms with Crippen LogP contribution in [0.3, 0.4) is 0 Å². The summed E-state index contributed by atoms with van der Waals surface area (Å²) in [6.45, 7) is 0.460. The van der Waals surface area contributed by atoms with Gasteiger partial charge in [-0.1, -0.05) is 24.3 Å². The van der Waals surface area contributed by atoms with Gasteiger partial charge >= 0.3 is 0 Å². The average Bonchev–Trinajstić information content (AvgIpc) is 2.47. The number of nitrogens with two attached hydrogens (primary N) is 1. The van der Waals surface area contributed by atoms with Gasteiger partial charge in [-0.2, -0.15) is 0 Å². The maximum Gasteiger partial charge on any atom is 0.224 e. The normalized spacial score (nSPS) is 10.5. The van der Waals surface area contributed by atoms with E-state index in [9.17, 15) is 0 Å². The predicted molar refractivity (Wildman–Crippen MR) is 74.7 cm³/mol. The van der Waals surface area contributed by atoms with Crippen LogP contribution in [0, 0.1) is 0 Å². The maximum atomic E-state index is 5.75. The van der Waals surface area contributed by atoms with Crippen molar-refractivity contribution in [2.75, 3.05) is 5.73 Å². The number of hydrogen-bond donors (Lipinski definition) is 1. The van der Waals surface area contributed by atoms with Gasteiger partial charge in [-0.3, -0.25) is 0 Å². The number of ether oxygens (including phenoxy) is 1. The molecule has 0 aliphatic heterocycles. The quantitative estimate of drug-likeness (QED) is 0.727. The number of aromatic nitrogens is 2. The van der Waals surface area contributed by atoms with Gasteiger partial charge in [-0.25, -0.2) is 9.97 Å². The molecule has 0 saturated heterocycles. The average molecular weight is 251 g/mol. The molecule has 0 fully saturated rings. The molecule has 0 aliphatic carbocycles. The molecule has 0 aliphatic rings. The Bertz CT molecular complexity index is 690. The van der Waals surface area contributed by atoms with E-state index in [4.69, 9.17) is 10.5 Å². The molecule has 1 aromatic heterocycles. The minimum atomic E-state index is 0.460. The van der Waals surface area contributed by atoms with E-state index in [0.717, 1.165) is 22.2 Å². The van der Waals surface area contributed by atoms with Crippen LogP contribution >= 0.6 is 0 Å². The third-order valence-corrected chi connectivity index (χ3v) is 2.86. The van der Waals surface area contributed by atoms with Crippen molar-refractivity contribution in [3.63, 3.8) is 0 Å². The largest absolute Gasteiger partial charge is 0.472 e. The third-order valence-electron chi connectivity index (χ3n) is 2.86. The lowest BCUT2D eigenvalue weighted by Gasteiger charge is -2.07. The Morgan fingerprint density at radius 1 is 0.947 bits per heavy atom. The molecule has 0 radical (unpaired) electrons. The molecule has 19 heavy (non-hydrogen) atoms. The van der Waals surface area contributed by atoms with Gasteiger partial charge in [0.05, 0.1) is 10.9 Å². The first-order valence-corrected chi connectivity index (χ1v) is 6.00. The number of nitrogens with zero attached hydrogens (tertiary/aromatic N) is 2. The van der Waals surface area contributed by atoms with Crippen LogP contribution in [-0.2, 0) is 6.61 Å². The molecular formula is C15H13N3O. The second kappa shape index (κ2) is 4.94. The maximum absolute atomic E-state index is 5.75. The van der Waals surface area contributed by atoms with Crippen LogP contribution in [0.5, 0.6) is 5.88 Å². The molecule has 0 spiro atoms. The lowest BCUT2D eigenvalue weighted by Crippen LogP contribution is -1.98. The van der Waals surface area contributed by atoms with Crippen molar-refractivity contribution in [2.45, 2.75) is 6.61 Å². The molecule has 0 saturated carbocycles. The summed E-state index contributed by atoms with van der Waals surface area (Å²) < 4.78 is 5.75. The van der Waals surface area contributed by atoms with Gasteiger partial charge in [-0.15, -0.1) is 0 Å². The first-order valence-electron chi connectivity index (χ1n) is 6.00. The standard InChI is InChI=1S/C15H13N3O/c16-12-7-5-11(6-8-12)9-19-15-13-3-1-2-4-14(13)17-10-18-15/h1-8,10H,9,16H2. The molecule has 3 rings (SSSR count). The number of para-hydroxylation sites is 1. The molecule has 0 amide bonds. The summed E-state index contributed by atoms with van der Waals surface area (Å²) in [7, 11) is 0. The monoisotopic (exact) mass is 251 g/mol. The SMILES string of the molecule is Nc1ccc(COc2ncnc3ccccc23)cc1. The summed E-state index contributed by atoms with van der Waals surface area (Å²) >= 11 is 0. The van der Waals surface area contributed by atoms with Crippen molar-refractivity contribution >= 4 is 16.6 Å². The van der Waals surface area contributed by atoms with Crippen LogP contribution in [0.25, 0.3) is 10.9 Å². The molecule has 1 heterocycles. The summed E-state index contributed by atoms with van der Waals surface area (Å²) in [6, 6.07) is 15.4. The lowest BCUT2D eigenvalue weighted by molar-refractivity contribution is 0.297.